The highest BCUT2D eigenvalue weighted by Crippen LogP contribution is 2.35. The van der Waals surface area contributed by atoms with Crippen LogP contribution in [0.3, 0.4) is 0 Å². The molecule has 0 aliphatic rings. The van der Waals surface area contributed by atoms with Gasteiger partial charge < -0.3 is 9.08 Å². The summed E-state index contributed by atoms with van der Waals surface area (Å²) in [5, 5.41) is 4.84. The van der Waals surface area contributed by atoms with E-state index in [9.17, 15) is 17.4 Å². The van der Waals surface area contributed by atoms with Crippen molar-refractivity contribution in [3.63, 3.8) is 0 Å². The molecule has 2 aromatic carbocycles. The Kier molecular flexibility index (Phi) is 7.01. The maximum Gasteiger partial charge on any atom is 0.192 e. The van der Waals surface area contributed by atoms with Crippen LogP contribution >= 0.6 is 0 Å². The van der Waals surface area contributed by atoms with Gasteiger partial charge in [0.05, 0.1) is 11.7 Å². The van der Waals surface area contributed by atoms with Gasteiger partial charge in [0.25, 0.3) is 0 Å². The zero-order chi connectivity index (χ0) is 25.4. The highest BCUT2D eigenvalue weighted by atomic mass is 32.2. The Morgan fingerprint density at radius 3 is 2.49 bits per heavy atom. The SMILES string of the molecule is CC(C)(C)[S+]([O-])N[C@@H](Cc1nc(S(C)(=O)=O)ccc1F)c1ccccc1-c1noc2ccccc12. The lowest BCUT2D eigenvalue weighted by molar-refractivity contribution is 0.459. The highest BCUT2D eigenvalue weighted by Gasteiger charge is 2.32. The van der Waals surface area contributed by atoms with Crippen LogP contribution in [-0.4, -0.2) is 34.1 Å². The normalized spacial score (nSPS) is 14.2. The Balaban J connectivity index is 1.84. The van der Waals surface area contributed by atoms with Crippen molar-refractivity contribution >= 4 is 32.2 Å². The van der Waals surface area contributed by atoms with Crippen molar-refractivity contribution in [3.8, 4) is 11.3 Å². The Morgan fingerprint density at radius 2 is 1.77 bits per heavy atom. The van der Waals surface area contributed by atoms with Gasteiger partial charge in [0.15, 0.2) is 20.4 Å². The first-order chi connectivity index (χ1) is 16.4. The Hall–Kier alpha value is -2.79. The van der Waals surface area contributed by atoms with Crippen molar-refractivity contribution in [2.45, 2.75) is 43.0 Å². The van der Waals surface area contributed by atoms with Gasteiger partial charge in [0.2, 0.25) is 0 Å². The molecule has 4 aromatic rings. The van der Waals surface area contributed by atoms with E-state index in [1.165, 1.54) is 0 Å². The number of fused-ring (bicyclic) bond motifs is 1. The van der Waals surface area contributed by atoms with Crippen molar-refractivity contribution < 1.29 is 21.9 Å². The number of nitrogens with one attached hydrogen (secondary N) is 1. The monoisotopic (exact) mass is 515 g/mol. The zero-order valence-electron chi connectivity index (χ0n) is 19.8. The van der Waals surface area contributed by atoms with Crippen molar-refractivity contribution in [3.05, 3.63) is 77.7 Å². The average Bonchev–Trinajstić information content (AvgIpc) is 3.22. The molecule has 7 nitrogen and oxygen atoms in total. The number of halogens is 1. The predicted molar refractivity (Wildman–Crippen MR) is 134 cm³/mol. The van der Waals surface area contributed by atoms with Crippen molar-refractivity contribution in [2.75, 3.05) is 6.26 Å². The molecule has 0 amide bonds. The first kappa shape index (κ1) is 25.3. The van der Waals surface area contributed by atoms with Crippen LogP contribution in [0.5, 0.6) is 0 Å². The van der Waals surface area contributed by atoms with Crippen LogP contribution in [0.2, 0.25) is 0 Å². The third kappa shape index (κ3) is 5.56. The number of nitrogens with zero attached hydrogens (tertiary/aromatic N) is 2. The molecule has 0 fully saturated rings. The fraction of sp³-hybridized carbons (Fsp3) is 0.280. The molecule has 0 saturated heterocycles. The maximum absolute atomic E-state index is 14.8. The lowest BCUT2D eigenvalue weighted by Gasteiger charge is -2.29. The summed E-state index contributed by atoms with van der Waals surface area (Å²) in [4.78, 5) is 4.08. The molecule has 0 saturated carbocycles. The molecule has 0 bridgehead atoms. The number of para-hydroxylation sites is 1. The maximum atomic E-state index is 14.8. The summed E-state index contributed by atoms with van der Waals surface area (Å²) in [5.41, 5.74) is 2.60. The summed E-state index contributed by atoms with van der Waals surface area (Å²) in [6.45, 7) is 5.48. The van der Waals surface area contributed by atoms with Gasteiger partial charge in [0, 0.05) is 35.0 Å². The van der Waals surface area contributed by atoms with Crippen molar-refractivity contribution in [1.82, 2.24) is 14.9 Å². The van der Waals surface area contributed by atoms with Gasteiger partial charge in [-0.3, -0.25) is 0 Å². The largest absolute Gasteiger partial charge is 0.598 e. The van der Waals surface area contributed by atoms with Gasteiger partial charge >= 0.3 is 0 Å². The summed E-state index contributed by atoms with van der Waals surface area (Å²) >= 11 is -1.52. The number of pyridine rings is 1. The van der Waals surface area contributed by atoms with Gasteiger partial charge in [-0.1, -0.05) is 41.6 Å². The summed E-state index contributed by atoms with van der Waals surface area (Å²) in [7, 11) is -3.64. The lowest BCUT2D eigenvalue weighted by Crippen LogP contribution is -2.42. The minimum atomic E-state index is -3.64. The lowest BCUT2D eigenvalue weighted by atomic mass is 9.94. The standard InChI is InChI=1S/C25H26FN3O4S2/c1-25(2,3)34(30)29-20(15-21-19(26)13-14-23(27-21)35(4,31)32)16-9-5-6-10-17(16)24-18-11-7-8-12-22(18)33-28-24/h5-14,20,29H,15H2,1-4H3/t20-,34?/m0/s1. The van der Waals surface area contributed by atoms with Crippen LogP contribution in [0.15, 0.2) is 70.2 Å². The minimum absolute atomic E-state index is 0.0379. The molecule has 0 aliphatic heterocycles. The van der Waals surface area contributed by atoms with E-state index in [0.717, 1.165) is 29.3 Å². The highest BCUT2D eigenvalue weighted by molar-refractivity contribution is 7.91. The van der Waals surface area contributed by atoms with Gasteiger partial charge in [-0.15, -0.1) is 4.72 Å². The molecular formula is C25H26FN3O4S2. The summed E-state index contributed by atoms with van der Waals surface area (Å²) in [6, 6.07) is 16.4. The van der Waals surface area contributed by atoms with Crippen molar-refractivity contribution in [2.24, 2.45) is 0 Å². The van der Waals surface area contributed by atoms with Crippen molar-refractivity contribution in [1.29, 1.82) is 0 Å². The van der Waals surface area contributed by atoms with E-state index in [1.807, 2.05) is 69.3 Å². The molecular weight excluding hydrogens is 489 g/mol. The second kappa shape index (κ2) is 9.69. The molecule has 0 radical (unpaired) electrons. The Morgan fingerprint density at radius 1 is 1.09 bits per heavy atom. The Bertz CT molecular complexity index is 1470. The molecule has 184 valence electrons. The number of sulfone groups is 1. The zero-order valence-corrected chi connectivity index (χ0v) is 21.4. The van der Waals surface area contributed by atoms with Crippen LogP contribution in [0, 0.1) is 5.82 Å². The van der Waals surface area contributed by atoms with Crippen LogP contribution in [-0.2, 0) is 27.6 Å². The minimum Gasteiger partial charge on any atom is -0.598 e. The van der Waals surface area contributed by atoms with Gasteiger partial charge in [-0.05, 0) is 50.6 Å². The summed E-state index contributed by atoms with van der Waals surface area (Å²) in [5.74, 6) is -0.643. The van der Waals surface area contributed by atoms with Crippen LogP contribution in [0.4, 0.5) is 4.39 Å². The van der Waals surface area contributed by atoms with E-state index < -0.39 is 37.8 Å². The van der Waals surface area contributed by atoms with Gasteiger partial charge in [0.1, 0.15) is 16.3 Å². The first-order valence-corrected chi connectivity index (χ1v) is 14.0. The average molecular weight is 516 g/mol. The van der Waals surface area contributed by atoms with E-state index in [2.05, 4.69) is 14.9 Å². The van der Waals surface area contributed by atoms with Crippen LogP contribution < -0.4 is 4.72 Å². The van der Waals surface area contributed by atoms with Crippen LogP contribution in [0.1, 0.15) is 38.1 Å². The molecule has 2 aromatic heterocycles. The third-order valence-corrected chi connectivity index (χ3v) is 8.04. The number of benzene rings is 2. The van der Waals surface area contributed by atoms with E-state index in [4.69, 9.17) is 4.52 Å². The fourth-order valence-corrected chi connectivity index (χ4v) is 5.04. The number of aromatic nitrogens is 2. The van der Waals surface area contributed by atoms with E-state index >= 15 is 0 Å². The fourth-order valence-electron chi connectivity index (χ4n) is 3.63. The molecule has 0 spiro atoms. The molecule has 35 heavy (non-hydrogen) atoms. The summed E-state index contributed by atoms with van der Waals surface area (Å²) < 4.78 is 60.0. The smallest absolute Gasteiger partial charge is 0.192 e. The van der Waals surface area contributed by atoms with Gasteiger partial charge in [-0.25, -0.2) is 17.8 Å². The summed E-state index contributed by atoms with van der Waals surface area (Å²) in [6.07, 6.45) is 0.982. The molecule has 10 heteroatoms. The number of hydrogen-bond donors (Lipinski definition) is 1. The molecule has 2 atom stereocenters. The first-order valence-electron chi connectivity index (χ1n) is 10.9. The Labute approximate surface area is 207 Å². The number of hydrogen-bond acceptors (Lipinski definition) is 7. The molecule has 1 N–H and O–H groups in total. The second-order valence-electron chi connectivity index (χ2n) is 9.22. The van der Waals surface area contributed by atoms with E-state index in [0.29, 0.717) is 16.8 Å². The second-order valence-corrected chi connectivity index (χ2v) is 13.2. The third-order valence-electron chi connectivity index (χ3n) is 5.44. The van der Waals surface area contributed by atoms with Gasteiger partial charge in [-0.2, -0.15) is 0 Å². The molecule has 2 heterocycles. The quantitative estimate of drug-likeness (QED) is 0.353. The molecule has 4 rings (SSSR count). The van der Waals surface area contributed by atoms with Crippen LogP contribution in [0.25, 0.3) is 22.2 Å². The number of rotatable bonds is 7. The topological polar surface area (TPSA) is 108 Å². The molecule has 0 aliphatic carbocycles. The molecule has 1 unspecified atom stereocenters. The van der Waals surface area contributed by atoms with E-state index in [-0.39, 0.29) is 17.1 Å². The predicted octanol–water partition coefficient (Wildman–Crippen LogP) is 4.77. The van der Waals surface area contributed by atoms with E-state index in [1.54, 1.807) is 0 Å².